The Morgan fingerprint density at radius 3 is 2.40 bits per heavy atom. The summed E-state index contributed by atoms with van der Waals surface area (Å²) in [6, 6.07) is 10.6. The molecule has 130 valence electrons. The molecule has 0 atom stereocenters. The van der Waals surface area contributed by atoms with Crippen LogP contribution in [-0.4, -0.2) is 32.1 Å². The summed E-state index contributed by atoms with van der Waals surface area (Å²) in [5, 5.41) is 2.53. The lowest BCUT2D eigenvalue weighted by molar-refractivity contribution is 0.0526. The molecule has 0 spiro atoms. The lowest BCUT2D eigenvalue weighted by Crippen LogP contribution is -2.17. The molecular formula is C18H17NO6. The summed E-state index contributed by atoms with van der Waals surface area (Å²) in [4.78, 5) is 34.3. The van der Waals surface area contributed by atoms with Crippen molar-refractivity contribution in [2.75, 3.05) is 19.0 Å². The van der Waals surface area contributed by atoms with E-state index in [0.29, 0.717) is 23.1 Å². The number of carbonyl (C=O) groups excluding carboxylic acids is 3. The Hall–Kier alpha value is -3.35. The molecule has 2 aromatic rings. The van der Waals surface area contributed by atoms with Gasteiger partial charge >= 0.3 is 12.1 Å². The maximum atomic E-state index is 12.0. The number of carbonyl (C=O) groups is 3. The topological polar surface area (TPSA) is 90.9 Å². The predicted octanol–water partition coefficient (Wildman–Crippen LogP) is 3.30. The zero-order chi connectivity index (χ0) is 18.2. The summed E-state index contributed by atoms with van der Waals surface area (Å²) in [5.41, 5.74) is 1.23. The molecule has 0 aliphatic rings. The Kier molecular flexibility index (Phi) is 6.11. The van der Waals surface area contributed by atoms with E-state index in [2.05, 4.69) is 5.32 Å². The van der Waals surface area contributed by atoms with Crippen molar-refractivity contribution >= 4 is 24.0 Å². The molecule has 2 aromatic carbocycles. The zero-order valence-electron chi connectivity index (χ0n) is 13.8. The van der Waals surface area contributed by atoms with E-state index in [1.54, 1.807) is 19.1 Å². The summed E-state index contributed by atoms with van der Waals surface area (Å²) >= 11 is 0. The summed E-state index contributed by atoms with van der Waals surface area (Å²) in [5.74, 6) is 0.00258. The highest BCUT2D eigenvalue weighted by atomic mass is 16.6. The maximum absolute atomic E-state index is 12.0. The molecule has 7 nitrogen and oxygen atoms in total. The number of anilines is 1. The van der Waals surface area contributed by atoms with Crippen molar-refractivity contribution in [3.05, 3.63) is 53.6 Å². The third-order valence-corrected chi connectivity index (χ3v) is 3.17. The second-order valence-electron chi connectivity index (χ2n) is 4.84. The molecule has 0 bridgehead atoms. The quantitative estimate of drug-likeness (QED) is 0.639. The van der Waals surface area contributed by atoms with E-state index < -0.39 is 12.1 Å². The average molecular weight is 343 g/mol. The fraction of sp³-hybridized carbons (Fsp3) is 0.167. The molecule has 0 saturated heterocycles. The minimum atomic E-state index is -0.735. The number of nitrogens with one attached hydrogen (secondary N) is 1. The second-order valence-corrected chi connectivity index (χ2v) is 4.84. The number of esters is 1. The van der Waals surface area contributed by atoms with Crippen LogP contribution in [0.25, 0.3) is 0 Å². The van der Waals surface area contributed by atoms with Gasteiger partial charge in [-0.25, -0.2) is 9.59 Å². The minimum absolute atomic E-state index is 0.175. The van der Waals surface area contributed by atoms with Gasteiger partial charge in [0.2, 0.25) is 0 Å². The van der Waals surface area contributed by atoms with Gasteiger partial charge in [-0.1, -0.05) is 0 Å². The first-order valence-electron chi connectivity index (χ1n) is 7.46. The third kappa shape index (κ3) is 4.81. The van der Waals surface area contributed by atoms with Crippen molar-refractivity contribution in [1.29, 1.82) is 0 Å². The molecule has 1 amide bonds. The molecule has 0 unspecified atom stereocenters. The van der Waals surface area contributed by atoms with Crippen molar-refractivity contribution in [3.63, 3.8) is 0 Å². The molecular weight excluding hydrogens is 326 g/mol. The zero-order valence-corrected chi connectivity index (χ0v) is 13.8. The summed E-state index contributed by atoms with van der Waals surface area (Å²) in [6.07, 6.45) is -0.0710. The molecule has 0 aliphatic heterocycles. The normalized spacial score (nSPS) is 9.84. The van der Waals surface area contributed by atoms with E-state index in [1.165, 1.54) is 37.4 Å². The van der Waals surface area contributed by atoms with Gasteiger partial charge in [0.25, 0.3) is 0 Å². The van der Waals surface area contributed by atoms with Crippen LogP contribution in [-0.2, 0) is 4.74 Å². The predicted molar refractivity (Wildman–Crippen MR) is 90.4 cm³/mol. The maximum Gasteiger partial charge on any atom is 0.417 e. The standard InChI is InChI=1S/C18H17NO6/c1-3-24-17(21)13-5-7-14(8-6-13)19-18(22)25-15-9-4-12(11-20)10-16(15)23-2/h4-11H,3H2,1-2H3,(H,19,22). The van der Waals surface area contributed by atoms with E-state index in [9.17, 15) is 14.4 Å². The van der Waals surface area contributed by atoms with E-state index >= 15 is 0 Å². The Balaban J connectivity index is 2.03. The Bertz CT molecular complexity index is 770. The lowest BCUT2D eigenvalue weighted by Gasteiger charge is -2.10. The van der Waals surface area contributed by atoms with Gasteiger partial charge in [0.1, 0.15) is 6.29 Å². The second kappa shape index (κ2) is 8.49. The van der Waals surface area contributed by atoms with Gasteiger partial charge in [0, 0.05) is 11.3 Å². The van der Waals surface area contributed by atoms with Gasteiger partial charge in [-0.3, -0.25) is 10.1 Å². The largest absolute Gasteiger partial charge is 0.493 e. The molecule has 1 N–H and O–H groups in total. The van der Waals surface area contributed by atoms with Gasteiger partial charge in [-0.15, -0.1) is 0 Å². The van der Waals surface area contributed by atoms with Crippen molar-refractivity contribution < 1.29 is 28.6 Å². The SMILES string of the molecule is CCOC(=O)c1ccc(NC(=O)Oc2ccc(C=O)cc2OC)cc1. The number of benzene rings is 2. The molecule has 0 heterocycles. The number of ether oxygens (including phenoxy) is 3. The number of hydrogen-bond donors (Lipinski definition) is 1. The van der Waals surface area contributed by atoms with E-state index in [-0.39, 0.29) is 18.1 Å². The number of hydrogen-bond acceptors (Lipinski definition) is 6. The molecule has 0 radical (unpaired) electrons. The highest BCUT2D eigenvalue weighted by Gasteiger charge is 2.12. The molecule has 0 aromatic heterocycles. The van der Waals surface area contributed by atoms with E-state index in [4.69, 9.17) is 14.2 Å². The monoisotopic (exact) mass is 343 g/mol. The first-order valence-corrected chi connectivity index (χ1v) is 7.46. The van der Waals surface area contributed by atoms with Crippen molar-refractivity contribution in [3.8, 4) is 11.5 Å². The van der Waals surface area contributed by atoms with E-state index in [0.717, 1.165) is 0 Å². The first kappa shape index (κ1) is 18.0. The van der Waals surface area contributed by atoms with Crippen LogP contribution in [0.4, 0.5) is 10.5 Å². The average Bonchev–Trinajstić information content (AvgIpc) is 2.62. The van der Waals surface area contributed by atoms with Gasteiger partial charge in [0.15, 0.2) is 11.5 Å². The molecule has 0 fully saturated rings. The molecule has 7 heteroatoms. The highest BCUT2D eigenvalue weighted by molar-refractivity contribution is 5.91. The first-order chi connectivity index (χ1) is 12.1. The van der Waals surface area contributed by atoms with Crippen LogP contribution in [0, 0.1) is 0 Å². The van der Waals surface area contributed by atoms with Crippen molar-refractivity contribution in [2.24, 2.45) is 0 Å². The third-order valence-electron chi connectivity index (χ3n) is 3.17. The number of amides is 1. The Morgan fingerprint density at radius 1 is 1.08 bits per heavy atom. The van der Waals surface area contributed by atoms with Gasteiger partial charge in [-0.2, -0.15) is 0 Å². The van der Waals surface area contributed by atoms with Crippen LogP contribution < -0.4 is 14.8 Å². The van der Waals surface area contributed by atoms with Gasteiger partial charge in [0.05, 0.1) is 19.3 Å². The summed E-state index contributed by atoms with van der Waals surface area (Å²) in [7, 11) is 1.41. The number of rotatable bonds is 6. The molecule has 25 heavy (non-hydrogen) atoms. The fourth-order valence-corrected chi connectivity index (χ4v) is 1.99. The van der Waals surface area contributed by atoms with Gasteiger partial charge < -0.3 is 14.2 Å². The van der Waals surface area contributed by atoms with Crippen LogP contribution in [0.3, 0.4) is 0 Å². The smallest absolute Gasteiger partial charge is 0.417 e. The lowest BCUT2D eigenvalue weighted by atomic mass is 10.2. The van der Waals surface area contributed by atoms with Crippen LogP contribution in [0.2, 0.25) is 0 Å². The van der Waals surface area contributed by atoms with Crippen LogP contribution in [0.5, 0.6) is 11.5 Å². The Morgan fingerprint density at radius 2 is 1.80 bits per heavy atom. The highest BCUT2D eigenvalue weighted by Crippen LogP contribution is 2.28. The molecule has 0 saturated carbocycles. The van der Waals surface area contributed by atoms with Crippen LogP contribution in [0.1, 0.15) is 27.6 Å². The number of aldehydes is 1. The van der Waals surface area contributed by atoms with Crippen molar-refractivity contribution in [1.82, 2.24) is 0 Å². The van der Waals surface area contributed by atoms with Gasteiger partial charge in [-0.05, 0) is 49.4 Å². The number of methoxy groups -OCH3 is 1. The Labute approximate surface area is 144 Å². The summed E-state index contributed by atoms with van der Waals surface area (Å²) in [6.45, 7) is 2.01. The van der Waals surface area contributed by atoms with Crippen LogP contribution >= 0.6 is 0 Å². The van der Waals surface area contributed by atoms with E-state index in [1.807, 2.05) is 0 Å². The van der Waals surface area contributed by atoms with Crippen molar-refractivity contribution in [2.45, 2.75) is 6.92 Å². The molecule has 2 rings (SSSR count). The fourth-order valence-electron chi connectivity index (χ4n) is 1.99. The summed E-state index contributed by atoms with van der Waals surface area (Å²) < 4.78 is 15.1. The molecule has 0 aliphatic carbocycles. The minimum Gasteiger partial charge on any atom is -0.493 e. The van der Waals surface area contributed by atoms with Crippen LogP contribution in [0.15, 0.2) is 42.5 Å².